The smallest absolute Gasteiger partial charge is 0.323 e. The largest absolute Gasteiger partial charge is 0.480 e. The molecule has 9 heteroatoms. The maximum Gasteiger partial charge on any atom is 0.323 e. The van der Waals surface area contributed by atoms with Gasteiger partial charge >= 0.3 is 12.0 Å². The van der Waals surface area contributed by atoms with Gasteiger partial charge in [0.2, 0.25) is 5.91 Å². The molecule has 1 atom stereocenters. The fourth-order valence-electron chi connectivity index (χ4n) is 2.72. The molecule has 0 radical (unpaired) electrons. The van der Waals surface area contributed by atoms with Gasteiger partial charge in [-0.2, -0.15) is 0 Å². The molecule has 0 saturated carbocycles. The van der Waals surface area contributed by atoms with Crippen molar-refractivity contribution in [1.82, 2.24) is 10.2 Å². The highest BCUT2D eigenvalue weighted by molar-refractivity contribution is 5.97. The molecule has 1 heterocycles. The maximum absolute atomic E-state index is 12.1. The number of benzene rings is 1. The molecule has 0 spiro atoms. The summed E-state index contributed by atoms with van der Waals surface area (Å²) in [6, 6.07) is 6.27. The summed E-state index contributed by atoms with van der Waals surface area (Å²) in [4.78, 5) is 37.3. The summed E-state index contributed by atoms with van der Waals surface area (Å²) in [5.41, 5.74) is 6.64. The molecular weight excluding hydrogens is 326 g/mol. The Labute approximate surface area is 144 Å². The zero-order valence-corrected chi connectivity index (χ0v) is 13.9. The summed E-state index contributed by atoms with van der Waals surface area (Å²) in [6.07, 6.45) is 0.445. The van der Waals surface area contributed by atoms with Crippen LogP contribution in [0.2, 0.25) is 0 Å². The predicted molar refractivity (Wildman–Crippen MR) is 91.6 cm³/mol. The molecule has 3 amide bonds. The van der Waals surface area contributed by atoms with Gasteiger partial charge in [-0.15, -0.1) is 0 Å². The lowest BCUT2D eigenvalue weighted by atomic mass is 10.1. The van der Waals surface area contributed by atoms with Crippen LogP contribution in [-0.2, 0) is 9.59 Å². The molecule has 2 rings (SSSR count). The van der Waals surface area contributed by atoms with E-state index < -0.39 is 5.97 Å². The van der Waals surface area contributed by atoms with Crippen molar-refractivity contribution in [1.29, 1.82) is 5.41 Å². The van der Waals surface area contributed by atoms with Gasteiger partial charge in [-0.3, -0.25) is 19.9 Å². The Bertz CT molecular complexity index is 688. The van der Waals surface area contributed by atoms with E-state index in [0.717, 1.165) is 0 Å². The highest BCUT2D eigenvalue weighted by Crippen LogP contribution is 2.23. The monoisotopic (exact) mass is 347 g/mol. The van der Waals surface area contributed by atoms with Crippen LogP contribution in [0.5, 0.6) is 0 Å². The van der Waals surface area contributed by atoms with Gasteiger partial charge in [0.05, 0.1) is 6.04 Å². The van der Waals surface area contributed by atoms with E-state index in [-0.39, 0.29) is 36.9 Å². The summed E-state index contributed by atoms with van der Waals surface area (Å²) in [7, 11) is 0. The minimum atomic E-state index is -1.08. The van der Waals surface area contributed by atoms with Crippen LogP contribution in [-0.4, -0.2) is 59.4 Å². The normalized spacial score (nSPS) is 16.4. The average molecular weight is 347 g/mol. The lowest BCUT2D eigenvalue weighted by molar-refractivity contribution is -0.143. The fourth-order valence-corrected chi connectivity index (χ4v) is 2.72. The minimum absolute atomic E-state index is 0.0558. The standard InChI is InChI=1S/C16H21N5O4/c1-10(22)20(9-14(23)24)7-6-13-8-19-16(25)21(13)12-4-2-11(3-5-12)15(17)18/h2-5,13H,6-9H2,1H3,(H3,17,18)(H,19,25)(H,23,24). The first kappa shape index (κ1) is 18.2. The number of carbonyl (C=O) groups excluding carboxylic acids is 2. The zero-order valence-electron chi connectivity index (χ0n) is 13.9. The molecule has 0 aromatic heterocycles. The molecule has 134 valence electrons. The molecule has 0 bridgehead atoms. The number of rotatable bonds is 7. The van der Waals surface area contributed by atoms with E-state index >= 15 is 0 Å². The molecule has 1 saturated heterocycles. The summed E-state index contributed by atoms with van der Waals surface area (Å²) < 4.78 is 0. The lowest BCUT2D eigenvalue weighted by Crippen LogP contribution is -2.40. The van der Waals surface area contributed by atoms with Crippen LogP contribution in [0, 0.1) is 5.41 Å². The zero-order chi connectivity index (χ0) is 18.6. The van der Waals surface area contributed by atoms with Gasteiger partial charge in [0, 0.05) is 31.3 Å². The van der Waals surface area contributed by atoms with E-state index in [4.69, 9.17) is 16.2 Å². The van der Waals surface area contributed by atoms with Gasteiger partial charge in [-0.1, -0.05) is 0 Å². The fraction of sp³-hybridized carbons (Fsp3) is 0.375. The summed E-state index contributed by atoms with van der Waals surface area (Å²) in [5, 5.41) is 19.0. The van der Waals surface area contributed by atoms with Gasteiger partial charge in [-0.25, -0.2) is 4.79 Å². The van der Waals surface area contributed by atoms with E-state index in [2.05, 4.69) is 5.32 Å². The Kier molecular flexibility index (Phi) is 5.58. The average Bonchev–Trinajstić information content (AvgIpc) is 2.91. The van der Waals surface area contributed by atoms with Crippen molar-refractivity contribution in [2.45, 2.75) is 19.4 Å². The second-order valence-corrected chi connectivity index (χ2v) is 5.79. The number of nitrogen functional groups attached to an aromatic ring is 1. The molecule has 5 N–H and O–H groups in total. The summed E-state index contributed by atoms with van der Waals surface area (Å²) in [6.45, 7) is 1.60. The number of nitrogens with zero attached hydrogens (tertiary/aromatic N) is 2. The number of anilines is 1. The Morgan fingerprint density at radius 3 is 2.56 bits per heavy atom. The first-order chi connectivity index (χ1) is 11.8. The molecule has 1 aromatic rings. The molecule has 25 heavy (non-hydrogen) atoms. The molecule has 1 aliphatic rings. The van der Waals surface area contributed by atoms with E-state index in [0.29, 0.717) is 24.2 Å². The number of carboxylic acid groups (broad SMARTS) is 1. The van der Waals surface area contributed by atoms with Crippen LogP contribution in [0.15, 0.2) is 24.3 Å². The number of carboxylic acids is 1. The highest BCUT2D eigenvalue weighted by atomic mass is 16.4. The number of urea groups is 1. The third kappa shape index (κ3) is 4.46. The molecule has 9 nitrogen and oxygen atoms in total. The van der Waals surface area contributed by atoms with Crippen LogP contribution in [0.4, 0.5) is 10.5 Å². The SMILES string of the molecule is CC(=O)N(CCC1CNC(=O)N1c1ccc(C(=N)N)cc1)CC(=O)O. The lowest BCUT2D eigenvalue weighted by Gasteiger charge is -2.26. The Balaban J connectivity index is 2.09. The predicted octanol–water partition coefficient (Wildman–Crippen LogP) is 0.192. The third-order valence-electron chi connectivity index (χ3n) is 4.03. The van der Waals surface area contributed by atoms with Crippen molar-refractivity contribution in [3.05, 3.63) is 29.8 Å². The number of aliphatic carboxylic acids is 1. The van der Waals surface area contributed by atoms with Crippen LogP contribution >= 0.6 is 0 Å². The third-order valence-corrected chi connectivity index (χ3v) is 4.03. The number of hydrogen-bond donors (Lipinski definition) is 4. The second kappa shape index (κ2) is 7.65. The molecule has 1 fully saturated rings. The first-order valence-corrected chi connectivity index (χ1v) is 7.78. The highest BCUT2D eigenvalue weighted by Gasteiger charge is 2.32. The van der Waals surface area contributed by atoms with E-state index in [9.17, 15) is 14.4 Å². The van der Waals surface area contributed by atoms with Gasteiger partial charge in [-0.05, 0) is 30.7 Å². The summed E-state index contributed by atoms with van der Waals surface area (Å²) >= 11 is 0. The maximum atomic E-state index is 12.1. The van der Waals surface area contributed by atoms with Crippen LogP contribution in [0.25, 0.3) is 0 Å². The Morgan fingerprint density at radius 2 is 2.04 bits per heavy atom. The van der Waals surface area contributed by atoms with Crippen LogP contribution in [0.1, 0.15) is 18.9 Å². The van der Waals surface area contributed by atoms with Crippen molar-refractivity contribution in [3.63, 3.8) is 0 Å². The van der Waals surface area contributed by atoms with E-state index in [1.165, 1.54) is 11.8 Å². The number of amides is 3. The quantitative estimate of drug-likeness (QED) is 0.412. The van der Waals surface area contributed by atoms with Crippen molar-refractivity contribution in [3.8, 4) is 0 Å². The topological polar surface area (TPSA) is 140 Å². The number of nitrogens with one attached hydrogen (secondary N) is 2. The van der Waals surface area contributed by atoms with Gasteiger partial charge in [0.25, 0.3) is 0 Å². The molecular formula is C16H21N5O4. The van der Waals surface area contributed by atoms with Crippen molar-refractivity contribution in [2.75, 3.05) is 24.5 Å². The first-order valence-electron chi connectivity index (χ1n) is 7.78. The number of hydrogen-bond acceptors (Lipinski definition) is 4. The molecule has 1 unspecified atom stereocenters. The van der Waals surface area contributed by atoms with Gasteiger partial charge in [0.15, 0.2) is 0 Å². The van der Waals surface area contributed by atoms with Gasteiger partial charge in [0.1, 0.15) is 12.4 Å². The van der Waals surface area contributed by atoms with Gasteiger partial charge < -0.3 is 21.1 Å². The number of carbonyl (C=O) groups is 3. The molecule has 1 aromatic carbocycles. The Hall–Kier alpha value is -3.10. The summed E-state index contributed by atoms with van der Waals surface area (Å²) in [5.74, 6) is -1.45. The minimum Gasteiger partial charge on any atom is -0.480 e. The van der Waals surface area contributed by atoms with Crippen molar-refractivity contribution in [2.24, 2.45) is 5.73 Å². The Morgan fingerprint density at radius 1 is 1.40 bits per heavy atom. The van der Waals surface area contributed by atoms with E-state index in [1.54, 1.807) is 29.2 Å². The van der Waals surface area contributed by atoms with Crippen molar-refractivity contribution < 1.29 is 19.5 Å². The van der Waals surface area contributed by atoms with E-state index in [1.807, 2.05) is 0 Å². The number of amidine groups is 1. The van der Waals surface area contributed by atoms with Crippen LogP contribution < -0.4 is 16.0 Å². The molecule has 0 aliphatic carbocycles. The van der Waals surface area contributed by atoms with Crippen molar-refractivity contribution >= 4 is 29.4 Å². The second-order valence-electron chi connectivity index (χ2n) is 5.79. The molecule has 1 aliphatic heterocycles. The number of nitrogens with two attached hydrogens (primary N) is 1. The van der Waals surface area contributed by atoms with Crippen LogP contribution in [0.3, 0.4) is 0 Å².